The molecule has 0 radical (unpaired) electrons. The molecule has 1 saturated heterocycles. The smallest absolute Gasteiger partial charge is 0.310 e. The predicted octanol–water partition coefficient (Wildman–Crippen LogP) is 5.54. The first kappa shape index (κ1) is 29.1. The molecule has 1 amide bonds. The molecule has 7 rings (SSSR count). The second kappa shape index (κ2) is 11.4. The van der Waals surface area contributed by atoms with Gasteiger partial charge in [0.1, 0.15) is 5.69 Å². The zero-order valence-electron chi connectivity index (χ0n) is 24.3. The average Bonchev–Trinajstić information content (AvgIpc) is 3.81. The summed E-state index contributed by atoms with van der Waals surface area (Å²) in [6.45, 7) is 0.172. The number of hydrogen-bond donors (Lipinski definition) is 2. The number of H-pyrrole nitrogens is 1. The third kappa shape index (κ3) is 4.87. The molecule has 4 aromatic rings. The number of cyclic esters (lactones) is 1. The summed E-state index contributed by atoms with van der Waals surface area (Å²) in [6, 6.07) is 13.5. The van der Waals surface area contributed by atoms with Crippen molar-refractivity contribution in [2.45, 2.75) is 12.0 Å². The van der Waals surface area contributed by atoms with E-state index in [1.165, 1.54) is 21.3 Å². The number of amides is 1. The number of benzene rings is 3. The summed E-state index contributed by atoms with van der Waals surface area (Å²) in [5.74, 6) is 0.108. The van der Waals surface area contributed by atoms with Crippen LogP contribution in [0.3, 0.4) is 0 Å². The lowest BCUT2D eigenvalue weighted by Crippen LogP contribution is -2.43. The first-order valence-electron chi connectivity index (χ1n) is 14.0. The van der Waals surface area contributed by atoms with Crippen molar-refractivity contribution in [3.8, 4) is 40.0 Å². The van der Waals surface area contributed by atoms with Crippen molar-refractivity contribution in [1.29, 1.82) is 0 Å². The maximum Gasteiger partial charge on any atom is 0.310 e. The second-order valence-electron chi connectivity index (χ2n) is 10.8. The number of fused-ring (bicyclic) bond motifs is 3. The monoisotopic (exact) mass is 651 g/mol. The lowest BCUT2D eigenvalue weighted by atomic mass is 9.65. The van der Waals surface area contributed by atoms with Crippen molar-refractivity contribution >= 4 is 35.1 Å². The molecule has 1 aromatic heterocycles. The zero-order chi connectivity index (χ0) is 31.4. The van der Waals surface area contributed by atoms with Gasteiger partial charge in [-0.05, 0) is 59.2 Å². The van der Waals surface area contributed by atoms with Crippen LogP contribution in [0.2, 0.25) is 10.0 Å². The molecule has 0 saturated carbocycles. The average molecular weight is 652 g/mol. The molecule has 3 aliphatic rings. The number of carbonyl (C=O) groups is 2. The van der Waals surface area contributed by atoms with E-state index in [0.29, 0.717) is 50.1 Å². The number of hydrogen-bond acceptors (Lipinski definition) is 9. The maximum absolute atomic E-state index is 13.7. The Labute approximate surface area is 267 Å². The molecule has 4 atom stereocenters. The number of esters is 1. The van der Waals surface area contributed by atoms with Crippen LogP contribution in [0.25, 0.3) is 11.3 Å². The molecule has 3 heterocycles. The second-order valence-corrected chi connectivity index (χ2v) is 11.7. The van der Waals surface area contributed by atoms with Crippen molar-refractivity contribution in [3.63, 3.8) is 0 Å². The normalized spacial score (nSPS) is 21.0. The number of nitrogens with one attached hydrogen (secondary N) is 2. The van der Waals surface area contributed by atoms with E-state index in [0.717, 1.165) is 16.7 Å². The van der Waals surface area contributed by atoms with Gasteiger partial charge in [0.15, 0.2) is 23.0 Å². The molecule has 1 aliphatic carbocycles. The van der Waals surface area contributed by atoms with Gasteiger partial charge in [0.05, 0.1) is 55.6 Å². The van der Waals surface area contributed by atoms with Crippen molar-refractivity contribution in [1.82, 2.24) is 15.5 Å². The van der Waals surface area contributed by atoms with Crippen LogP contribution in [0.5, 0.6) is 28.7 Å². The fraction of sp³-hybridized carbons (Fsp3) is 0.281. The Kier molecular flexibility index (Phi) is 7.37. The van der Waals surface area contributed by atoms with Gasteiger partial charge < -0.3 is 33.7 Å². The van der Waals surface area contributed by atoms with Crippen LogP contribution in [-0.4, -0.2) is 56.8 Å². The number of nitrogens with zero attached hydrogens (tertiary/aromatic N) is 1. The molecule has 45 heavy (non-hydrogen) atoms. The summed E-state index contributed by atoms with van der Waals surface area (Å²) in [7, 11) is 4.60. The molecular formula is C32H27Cl2N3O8. The number of ether oxygens (including phenoxy) is 6. The van der Waals surface area contributed by atoms with Gasteiger partial charge in [-0.2, -0.15) is 5.10 Å². The zero-order valence-corrected chi connectivity index (χ0v) is 25.8. The van der Waals surface area contributed by atoms with E-state index in [9.17, 15) is 9.59 Å². The lowest BCUT2D eigenvalue weighted by molar-refractivity contribution is -0.141. The molecule has 11 nitrogen and oxygen atoms in total. The molecule has 3 aromatic carbocycles. The Balaban J connectivity index is 1.31. The van der Waals surface area contributed by atoms with Gasteiger partial charge in [0, 0.05) is 17.4 Å². The molecule has 1 fully saturated rings. The molecule has 2 N–H and O–H groups in total. The van der Waals surface area contributed by atoms with Crippen LogP contribution in [0.4, 0.5) is 0 Å². The van der Waals surface area contributed by atoms with Gasteiger partial charge in [-0.1, -0.05) is 29.3 Å². The lowest BCUT2D eigenvalue weighted by Gasteiger charge is -2.39. The van der Waals surface area contributed by atoms with E-state index >= 15 is 0 Å². The van der Waals surface area contributed by atoms with Gasteiger partial charge >= 0.3 is 5.97 Å². The summed E-state index contributed by atoms with van der Waals surface area (Å²) in [5, 5.41) is 11.0. The number of rotatable bonds is 7. The number of methoxy groups -OCH3 is 3. The SMILES string of the molecule is COc1cc([C@@H]2c3cc4c(cc3[C@@H](NC(=O)c3cc(-c5ccc(Cl)c(Cl)c5)n[nH]3)[C@H]3COC(=O)[C@H]23)OCO4)cc(OC)c1OC. The number of halogens is 2. The van der Waals surface area contributed by atoms with E-state index in [4.69, 9.17) is 51.6 Å². The van der Waals surface area contributed by atoms with Crippen LogP contribution < -0.4 is 29.0 Å². The van der Waals surface area contributed by atoms with E-state index in [-0.39, 0.29) is 25.1 Å². The van der Waals surface area contributed by atoms with Crippen LogP contribution in [0.15, 0.2) is 48.5 Å². The quantitative estimate of drug-likeness (QED) is 0.247. The Morgan fingerprint density at radius 3 is 2.29 bits per heavy atom. The van der Waals surface area contributed by atoms with Gasteiger partial charge in [-0.15, -0.1) is 0 Å². The van der Waals surface area contributed by atoms with Gasteiger partial charge in [0.2, 0.25) is 12.5 Å². The summed E-state index contributed by atoms with van der Waals surface area (Å²) >= 11 is 12.3. The number of aromatic nitrogens is 2. The van der Waals surface area contributed by atoms with Crippen LogP contribution in [0, 0.1) is 11.8 Å². The maximum atomic E-state index is 13.7. The molecule has 232 valence electrons. The molecule has 0 unspecified atom stereocenters. The fourth-order valence-electron chi connectivity index (χ4n) is 6.49. The summed E-state index contributed by atoms with van der Waals surface area (Å²) < 4.78 is 33.9. The van der Waals surface area contributed by atoms with Crippen molar-refractivity contribution in [2.75, 3.05) is 34.7 Å². The van der Waals surface area contributed by atoms with E-state index in [1.54, 1.807) is 24.3 Å². The summed E-state index contributed by atoms with van der Waals surface area (Å²) in [6.07, 6.45) is 0. The third-order valence-corrected chi connectivity index (χ3v) is 9.30. The Morgan fingerprint density at radius 2 is 1.62 bits per heavy atom. The first-order chi connectivity index (χ1) is 21.8. The van der Waals surface area contributed by atoms with Gasteiger partial charge in [-0.3, -0.25) is 14.7 Å². The minimum Gasteiger partial charge on any atom is -0.493 e. The Hall–Kier alpha value is -4.61. The fourth-order valence-corrected chi connectivity index (χ4v) is 6.79. The molecule has 0 spiro atoms. The third-order valence-electron chi connectivity index (χ3n) is 8.56. The molecule has 0 bridgehead atoms. The van der Waals surface area contributed by atoms with Crippen LogP contribution >= 0.6 is 23.2 Å². The number of aromatic amines is 1. The highest BCUT2D eigenvalue weighted by Gasteiger charge is 2.53. The Morgan fingerprint density at radius 1 is 0.911 bits per heavy atom. The standard InChI is InChI=1S/C32H27Cl2N3O8/c1-40-25-7-15(8-26(41-2)30(25)42-3)27-16-9-23-24(45-13-44-23)10-17(16)29(18-12-43-32(39)28(18)27)35-31(38)22-11-21(36-37-22)14-4-5-19(33)20(34)6-14/h4-11,18,27-29H,12-13H2,1-3H3,(H,35,38)(H,36,37)/t18-,27+,28-,29+/m0/s1. The first-order valence-corrected chi connectivity index (χ1v) is 14.8. The molecule has 13 heteroatoms. The molecular weight excluding hydrogens is 625 g/mol. The van der Waals surface area contributed by atoms with Crippen LogP contribution in [0.1, 0.15) is 39.1 Å². The van der Waals surface area contributed by atoms with Crippen molar-refractivity contribution in [3.05, 3.63) is 81.0 Å². The predicted molar refractivity (Wildman–Crippen MR) is 163 cm³/mol. The van der Waals surface area contributed by atoms with Gasteiger partial charge in [-0.25, -0.2) is 0 Å². The highest BCUT2D eigenvalue weighted by molar-refractivity contribution is 6.42. The van der Waals surface area contributed by atoms with E-state index in [2.05, 4.69) is 15.5 Å². The highest BCUT2D eigenvalue weighted by atomic mass is 35.5. The van der Waals surface area contributed by atoms with Crippen molar-refractivity contribution < 1.29 is 38.0 Å². The van der Waals surface area contributed by atoms with Crippen LogP contribution in [-0.2, 0) is 9.53 Å². The minimum absolute atomic E-state index is 0.0602. The summed E-state index contributed by atoms with van der Waals surface area (Å²) in [5.41, 5.74) is 3.74. The molecule has 2 aliphatic heterocycles. The van der Waals surface area contributed by atoms with E-state index in [1.807, 2.05) is 24.3 Å². The number of carbonyl (C=O) groups excluding carboxylic acids is 2. The topological polar surface area (TPSA) is 130 Å². The minimum atomic E-state index is -0.639. The van der Waals surface area contributed by atoms with E-state index < -0.39 is 29.7 Å². The largest absolute Gasteiger partial charge is 0.493 e. The highest BCUT2D eigenvalue weighted by Crippen LogP contribution is 2.55. The van der Waals surface area contributed by atoms with Crippen molar-refractivity contribution in [2.24, 2.45) is 11.8 Å². The Bertz CT molecular complexity index is 1820. The summed E-state index contributed by atoms with van der Waals surface area (Å²) in [4.78, 5) is 27.2. The van der Waals surface area contributed by atoms with Gasteiger partial charge in [0.25, 0.3) is 5.91 Å².